The molecule has 1 N–H and O–H groups in total. The lowest BCUT2D eigenvalue weighted by molar-refractivity contribution is -0.122. The standard InChI is InChI=1S/C24H28N2O4S/c1-4-22(30-23-13-9-11-18-10-7-8-12-21(18)23)24(27)25-19-14-16-20(17-15-19)31(28,29)26(5-2)6-3/h7-17,22H,4-6H2,1-3H3,(H,25,27)/t22-/m0/s1. The van der Waals surface area contributed by atoms with Gasteiger partial charge in [-0.3, -0.25) is 4.79 Å². The molecule has 0 aromatic heterocycles. The quantitative estimate of drug-likeness (QED) is 0.525. The highest BCUT2D eigenvalue weighted by atomic mass is 32.2. The van der Waals surface area contributed by atoms with Crippen molar-refractivity contribution in [2.75, 3.05) is 18.4 Å². The van der Waals surface area contributed by atoms with E-state index in [9.17, 15) is 13.2 Å². The summed E-state index contributed by atoms with van der Waals surface area (Å²) >= 11 is 0. The SMILES string of the molecule is CC[C@H](Oc1cccc2ccccc12)C(=O)Nc1ccc(S(=O)(=O)N(CC)CC)cc1. The molecule has 1 atom stereocenters. The Bertz CT molecular complexity index is 1130. The van der Waals surface area contributed by atoms with E-state index in [-0.39, 0.29) is 10.8 Å². The molecular weight excluding hydrogens is 412 g/mol. The third-order valence-corrected chi connectivity index (χ3v) is 7.21. The number of nitrogens with one attached hydrogen (secondary N) is 1. The molecule has 0 heterocycles. The molecule has 0 fully saturated rings. The molecule has 0 saturated carbocycles. The first-order valence-electron chi connectivity index (χ1n) is 10.5. The van der Waals surface area contributed by atoms with Gasteiger partial charge in [0.2, 0.25) is 10.0 Å². The van der Waals surface area contributed by atoms with E-state index in [1.165, 1.54) is 16.4 Å². The van der Waals surface area contributed by atoms with Crippen molar-refractivity contribution in [1.29, 1.82) is 0 Å². The number of benzene rings is 3. The van der Waals surface area contributed by atoms with Gasteiger partial charge in [-0.2, -0.15) is 4.31 Å². The van der Waals surface area contributed by atoms with E-state index in [0.29, 0.717) is 30.9 Å². The van der Waals surface area contributed by atoms with Gasteiger partial charge in [0.15, 0.2) is 6.10 Å². The van der Waals surface area contributed by atoms with Gasteiger partial charge in [-0.25, -0.2) is 8.42 Å². The van der Waals surface area contributed by atoms with Crippen molar-refractivity contribution in [3.8, 4) is 5.75 Å². The van der Waals surface area contributed by atoms with Crippen LogP contribution in [0.15, 0.2) is 71.6 Å². The van der Waals surface area contributed by atoms with Crippen molar-refractivity contribution in [2.45, 2.75) is 38.2 Å². The summed E-state index contributed by atoms with van der Waals surface area (Å²) in [6, 6.07) is 19.8. The third-order valence-electron chi connectivity index (χ3n) is 5.15. The van der Waals surface area contributed by atoms with Gasteiger partial charge in [0, 0.05) is 24.2 Å². The second-order valence-corrected chi connectivity index (χ2v) is 9.03. The Morgan fingerprint density at radius 3 is 2.23 bits per heavy atom. The minimum atomic E-state index is -3.53. The molecule has 0 unspecified atom stereocenters. The number of rotatable bonds is 9. The van der Waals surface area contributed by atoms with E-state index in [1.54, 1.807) is 26.0 Å². The van der Waals surface area contributed by atoms with Crippen LogP contribution in [0.1, 0.15) is 27.2 Å². The van der Waals surface area contributed by atoms with Crippen LogP contribution >= 0.6 is 0 Å². The highest BCUT2D eigenvalue weighted by molar-refractivity contribution is 7.89. The van der Waals surface area contributed by atoms with Crippen molar-refractivity contribution >= 4 is 32.4 Å². The van der Waals surface area contributed by atoms with Gasteiger partial charge < -0.3 is 10.1 Å². The van der Waals surface area contributed by atoms with Gasteiger partial charge in [-0.05, 0) is 42.1 Å². The van der Waals surface area contributed by atoms with Gasteiger partial charge in [-0.15, -0.1) is 0 Å². The Labute approximate surface area is 183 Å². The molecule has 0 radical (unpaired) electrons. The van der Waals surface area contributed by atoms with Crippen LogP contribution in [-0.2, 0) is 14.8 Å². The summed E-state index contributed by atoms with van der Waals surface area (Å²) in [5.41, 5.74) is 0.517. The predicted molar refractivity (Wildman–Crippen MR) is 124 cm³/mol. The zero-order valence-corrected chi connectivity index (χ0v) is 18.9. The molecule has 0 bridgehead atoms. The number of carbonyl (C=O) groups excluding carboxylic acids is 1. The lowest BCUT2D eigenvalue weighted by Crippen LogP contribution is -2.32. The normalized spacial score (nSPS) is 12.6. The Morgan fingerprint density at radius 1 is 0.935 bits per heavy atom. The maximum atomic E-state index is 12.8. The van der Waals surface area contributed by atoms with Crippen LogP contribution in [0.5, 0.6) is 5.75 Å². The molecule has 3 rings (SSSR count). The fraction of sp³-hybridized carbons (Fsp3) is 0.292. The fourth-order valence-electron chi connectivity index (χ4n) is 3.42. The summed E-state index contributed by atoms with van der Waals surface area (Å²) < 4.78 is 32.7. The Hall–Kier alpha value is -2.90. The number of carbonyl (C=O) groups is 1. The second kappa shape index (κ2) is 9.94. The average molecular weight is 441 g/mol. The number of hydrogen-bond donors (Lipinski definition) is 1. The topological polar surface area (TPSA) is 75.7 Å². The Morgan fingerprint density at radius 2 is 1.58 bits per heavy atom. The molecule has 0 aliphatic rings. The van der Waals surface area contributed by atoms with Crippen LogP contribution in [0.2, 0.25) is 0 Å². The van der Waals surface area contributed by atoms with Gasteiger partial charge in [0.05, 0.1) is 4.90 Å². The summed E-state index contributed by atoms with van der Waals surface area (Å²) in [6.45, 7) is 6.30. The van der Waals surface area contributed by atoms with Crippen molar-refractivity contribution in [1.82, 2.24) is 4.31 Å². The van der Waals surface area contributed by atoms with Crippen molar-refractivity contribution < 1.29 is 17.9 Å². The van der Waals surface area contributed by atoms with Crippen LogP contribution in [0.25, 0.3) is 10.8 Å². The zero-order chi connectivity index (χ0) is 22.4. The number of hydrogen-bond acceptors (Lipinski definition) is 4. The van der Waals surface area contributed by atoms with Gasteiger partial charge >= 0.3 is 0 Å². The molecule has 7 heteroatoms. The van der Waals surface area contributed by atoms with E-state index < -0.39 is 16.1 Å². The smallest absolute Gasteiger partial charge is 0.265 e. The molecule has 0 spiro atoms. The summed E-state index contributed by atoms with van der Waals surface area (Å²) in [7, 11) is -3.53. The fourth-order valence-corrected chi connectivity index (χ4v) is 4.88. The van der Waals surface area contributed by atoms with Gasteiger partial charge in [0.1, 0.15) is 5.75 Å². The first-order chi connectivity index (χ1) is 14.9. The Balaban J connectivity index is 1.74. The number of amides is 1. The first-order valence-corrected chi connectivity index (χ1v) is 11.9. The van der Waals surface area contributed by atoms with Crippen molar-refractivity contribution in [3.63, 3.8) is 0 Å². The van der Waals surface area contributed by atoms with Crippen LogP contribution in [-0.4, -0.2) is 37.8 Å². The third kappa shape index (κ3) is 5.06. The number of fused-ring (bicyclic) bond motifs is 1. The van der Waals surface area contributed by atoms with Crippen LogP contribution < -0.4 is 10.1 Å². The van der Waals surface area contributed by atoms with Crippen molar-refractivity contribution in [3.05, 3.63) is 66.7 Å². The van der Waals surface area contributed by atoms with E-state index in [4.69, 9.17) is 4.74 Å². The molecule has 1 amide bonds. The van der Waals surface area contributed by atoms with E-state index in [0.717, 1.165) is 10.8 Å². The molecule has 3 aromatic carbocycles. The lowest BCUT2D eigenvalue weighted by Gasteiger charge is -2.20. The summed E-state index contributed by atoms with van der Waals surface area (Å²) in [6.07, 6.45) is -0.186. The number of anilines is 1. The molecule has 0 aliphatic carbocycles. The van der Waals surface area contributed by atoms with Gasteiger partial charge in [0.25, 0.3) is 5.91 Å². The molecular formula is C24H28N2O4S. The summed E-state index contributed by atoms with van der Waals surface area (Å²) in [4.78, 5) is 13.0. The van der Waals surface area contributed by atoms with Crippen LogP contribution in [0.4, 0.5) is 5.69 Å². The molecule has 31 heavy (non-hydrogen) atoms. The van der Waals surface area contributed by atoms with Gasteiger partial charge in [-0.1, -0.05) is 57.2 Å². The van der Waals surface area contributed by atoms with E-state index in [1.807, 2.05) is 49.4 Å². The second-order valence-electron chi connectivity index (χ2n) is 7.09. The molecule has 6 nitrogen and oxygen atoms in total. The molecule has 0 aliphatic heterocycles. The zero-order valence-electron chi connectivity index (χ0n) is 18.0. The van der Waals surface area contributed by atoms with E-state index >= 15 is 0 Å². The highest BCUT2D eigenvalue weighted by Crippen LogP contribution is 2.27. The van der Waals surface area contributed by atoms with Crippen molar-refractivity contribution in [2.24, 2.45) is 0 Å². The maximum absolute atomic E-state index is 12.8. The Kier molecular flexibility index (Phi) is 7.30. The molecule has 3 aromatic rings. The maximum Gasteiger partial charge on any atom is 0.265 e. The van der Waals surface area contributed by atoms with Crippen LogP contribution in [0.3, 0.4) is 0 Å². The van der Waals surface area contributed by atoms with Crippen LogP contribution in [0, 0.1) is 0 Å². The summed E-state index contributed by atoms with van der Waals surface area (Å²) in [5, 5.41) is 4.81. The summed E-state index contributed by atoms with van der Waals surface area (Å²) in [5.74, 6) is 0.371. The first kappa shape index (κ1) is 22.8. The molecule has 164 valence electrons. The highest BCUT2D eigenvalue weighted by Gasteiger charge is 2.22. The lowest BCUT2D eigenvalue weighted by atomic mass is 10.1. The largest absolute Gasteiger partial charge is 0.480 e. The monoisotopic (exact) mass is 440 g/mol. The minimum Gasteiger partial charge on any atom is -0.480 e. The average Bonchev–Trinajstić information content (AvgIpc) is 2.78. The number of ether oxygens (including phenoxy) is 1. The minimum absolute atomic E-state index is 0.202. The number of nitrogens with zero attached hydrogens (tertiary/aromatic N) is 1. The van der Waals surface area contributed by atoms with E-state index in [2.05, 4.69) is 5.32 Å². The molecule has 0 saturated heterocycles. The number of sulfonamides is 1. The predicted octanol–water partition coefficient (Wildman–Crippen LogP) is 4.67.